The van der Waals surface area contributed by atoms with Crippen LogP contribution < -0.4 is 40.2 Å². The van der Waals surface area contributed by atoms with E-state index in [0.29, 0.717) is 121 Å². The first kappa shape index (κ1) is 33.3. The van der Waals surface area contributed by atoms with Gasteiger partial charge >= 0.3 is 0 Å². The van der Waals surface area contributed by atoms with E-state index < -0.39 is 0 Å². The lowest BCUT2D eigenvalue weighted by Crippen LogP contribution is -2.51. The SMILES string of the molecule is COc1cc2nc(N3CCN(C(=O)COCC(=O)N4CCN(c5nc(N)c6cc(OC)c(OC)cc6n5)CC4)CC3)nc(N)c2cc1OC. The van der Waals surface area contributed by atoms with Gasteiger partial charge in [0.2, 0.25) is 23.7 Å². The Morgan fingerprint density at radius 1 is 0.571 bits per heavy atom. The van der Waals surface area contributed by atoms with Crippen molar-refractivity contribution in [3.8, 4) is 23.0 Å². The summed E-state index contributed by atoms with van der Waals surface area (Å²) in [7, 11) is 6.23. The number of anilines is 4. The van der Waals surface area contributed by atoms with Crippen molar-refractivity contribution in [3.05, 3.63) is 24.3 Å². The van der Waals surface area contributed by atoms with E-state index in [0.717, 1.165) is 0 Å². The number of rotatable bonds is 10. The minimum atomic E-state index is -0.189. The van der Waals surface area contributed by atoms with Gasteiger partial charge < -0.3 is 54.8 Å². The third-order valence-corrected chi connectivity index (χ3v) is 8.72. The molecule has 260 valence electrons. The van der Waals surface area contributed by atoms with E-state index in [9.17, 15) is 9.59 Å². The first-order valence-electron chi connectivity index (χ1n) is 15.7. The average Bonchev–Trinajstić information content (AvgIpc) is 3.13. The molecule has 4 heterocycles. The number of fused-ring (bicyclic) bond motifs is 2. The second-order valence-corrected chi connectivity index (χ2v) is 11.5. The van der Waals surface area contributed by atoms with Gasteiger partial charge in [0.15, 0.2) is 23.0 Å². The number of ether oxygens (including phenoxy) is 5. The number of carbonyl (C=O) groups is 2. The van der Waals surface area contributed by atoms with Crippen LogP contribution in [0.4, 0.5) is 23.5 Å². The highest BCUT2D eigenvalue weighted by molar-refractivity contribution is 5.93. The standard InChI is InChI=1S/C32H40N10O7/c1-45-23-13-19-21(15-25(23)47-3)35-31(37-29(19)33)41-9-5-39(6-10-41)27(43)17-49-18-28(44)40-7-11-42(12-8-40)32-36-22-16-26(48-4)24(46-2)14-20(22)30(34)38-32/h13-16H,5-12,17-18H2,1-4H3,(H2,33,35,37)(H2,34,36,38). The molecule has 49 heavy (non-hydrogen) atoms. The normalized spacial score (nSPS) is 15.1. The van der Waals surface area contributed by atoms with E-state index in [1.54, 1.807) is 62.5 Å². The molecule has 2 aromatic heterocycles. The summed E-state index contributed by atoms with van der Waals surface area (Å²) < 4.78 is 27.1. The third-order valence-electron chi connectivity index (χ3n) is 8.72. The Morgan fingerprint density at radius 2 is 0.918 bits per heavy atom. The van der Waals surface area contributed by atoms with Crippen molar-refractivity contribution < 1.29 is 33.3 Å². The van der Waals surface area contributed by atoms with Gasteiger partial charge in [-0.3, -0.25) is 9.59 Å². The molecule has 2 fully saturated rings. The van der Waals surface area contributed by atoms with Gasteiger partial charge in [-0.05, 0) is 12.1 Å². The molecule has 17 nitrogen and oxygen atoms in total. The lowest BCUT2D eigenvalue weighted by Gasteiger charge is -2.35. The summed E-state index contributed by atoms with van der Waals surface area (Å²) in [5.74, 6) is 3.39. The highest BCUT2D eigenvalue weighted by Gasteiger charge is 2.26. The van der Waals surface area contributed by atoms with E-state index in [1.807, 2.05) is 9.80 Å². The van der Waals surface area contributed by atoms with Crippen LogP contribution in [0.1, 0.15) is 0 Å². The van der Waals surface area contributed by atoms with Crippen LogP contribution in [0.5, 0.6) is 23.0 Å². The maximum atomic E-state index is 12.9. The van der Waals surface area contributed by atoms with Crippen LogP contribution >= 0.6 is 0 Å². The minimum Gasteiger partial charge on any atom is -0.493 e. The van der Waals surface area contributed by atoms with Crippen molar-refractivity contribution in [3.63, 3.8) is 0 Å². The summed E-state index contributed by atoms with van der Waals surface area (Å²) in [5, 5.41) is 1.33. The summed E-state index contributed by atoms with van der Waals surface area (Å²) in [6.07, 6.45) is 0. The number of hydrogen-bond acceptors (Lipinski definition) is 15. The van der Waals surface area contributed by atoms with Crippen LogP contribution in [0.2, 0.25) is 0 Å². The number of piperazine rings is 2. The molecule has 0 radical (unpaired) electrons. The van der Waals surface area contributed by atoms with E-state index >= 15 is 0 Å². The molecule has 2 amide bonds. The van der Waals surface area contributed by atoms with Crippen LogP contribution in [0.15, 0.2) is 24.3 Å². The zero-order valence-electron chi connectivity index (χ0n) is 28.0. The number of benzene rings is 2. The van der Waals surface area contributed by atoms with Crippen molar-refractivity contribution in [1.29, 1.82) is 0 Å². The molecule has 17 heteroatoms. The number of methoxy groups -OCH3 is 4. The fraction of sp³-hybridized carbons (Fsp3) is 0.438. The summed E-state index contributed by atoms with van der Waals surface area (Å²) >= 11 is 0. The van der Waals surface area contributed by atoms with Gasteiger partial charge in [0, 0.05) is 75.3 Å². The molecule has 4 N–H and O–H groups in total. The van der Waals surface area contributed by atoms with Gasteiger partial charge in [-0.25, -0.2) is 9.97 Å². The molecule has 0 atom stereocenters. The number of aromatic nitrogens is 4. The molecule has 0 bridgehead atoms. The fourth-order valence-corrected chi connectivity index (χ4v) is 5.94. The monoisotopic (exact) mass is 676 g/mol. The summed E-state index contributed by atoms with van der Waals surface area (Å²) in [4.78, 5) is 51.5. The van der Waals surface area contributed by atoms with Gasteiger partial charge in [0.05, 0.1) is 39.5 Å². The second-order valence-electron chi connectivity index (χ2n) is 11.5. The zero-order chi connectivity index (χ0) is 34.7. The Hall–Kier alpha value is -5.58. The maximum Gasteiger partial charge on any atom is 0.248 e. The smallest absolute Gasteiger partial charge is 0.248 e. The number of hydrogen-bond donors (Lipinski definition) is 2. The summed E-state index contributed by atoms with van der Waals surface area (Å²) in [6, 6.07) is 7.03. The van der Waals surface area contributed by atoms with Gasteiger partial charge in [-0.2, -0.15) is 9.97 Å². The molecule has 2 aliphatic rings. The van der Waals surface area contributed by atoms with Gasteiger partial charge in [0.1, 0.15) is 24.8 Å². The first-order valence-corrected chi connectivity index (χ1v) is 15.7. The van der Waals surface area contributed by atoms with Crippen molar-refractivity contribution in [2.75, 3.05) is 115 Å². The Kier molecular flexibility index (Phi) is 9.70. The molecular formula is C32H40N10O7. The average molecular weight is 677 g/mol. The molecule has 2 saturated heterocycles. The molecule has 0 saturated carbocycles. The maximum absolute atomic E-state index is 12.9. The van der Waals surface area contributed by atoms with Crippen molar-refractivity contribution >= 4 is 57.2 Å². The fourth-order valence-electron chi connectivity index (χ4n) is 5.94. The van der Waals surface area contributed by atoms with Crippen LogP contribution in [0, 0.1) is 0 Å². The van der Waals surface area contributed by atoms with Gasteiger partial charge in [-0.1, -0.05) is 0 Å². The van der Waals surface area contributed by atoms with Gasteiger partial charge in [-0.15, -0.1) is 0 Å². The van der Waals surface area contributed by atoms with Gasteiger partial charge in [0.25, 0.3) is 0 Å². The van der Waals surface area contributed by atoms with E-state index in [-0.39, 0.29) is 25.0 Å². The topological polar surface area (TPSA) is 197 Å². The molecule has 6 rings (SSSR count). The predicted molar refractivity (Wildman–Crippen MR) is 183 cm³/mol. The van der Waals surface area contributed by atoms with E-state index in [1.165, 1.54) is 0 Å². The predicted octanol–water partition coefficient (Wildman–Crippen LogP) is 0.786. The highest BCUT2D eigenvalue weighted by atomic mass is 16.5. The van der Waals surface area contributed by atoms with Crippen LogP contribution in [0.3, 0.4) is 0 Å². The van der Waals surface area contributed by atoms with E-state index in [4.69, 9.17) is 35.2 Å². The number of amides is 2. The number of carbonyl (C=O) groups excluding carboxylic acids is 2. The van der Waals surface area contributed by atoms with Crippen LogP contribution in [-0.4, -0.2) is 136 Å². The largest absolute Gasteiger partial charge is 0.493 e. The van der Waals surface area contributed by atoms with E-state index in [2.05, 4.69) is 19.9 Å². The first-order chi connectivity index (χ1) is 23.7. The molecule has 2 aliphatic heterocycles. The zero-order valence-corrected chi connectivity index (χ0v) is 28.0. The molecular weight excluding hydrogens is 636 g/mol. The summed E-state index contributed by atoms with van der Waals surface area (Å²) in [6.45, 7) is 3.49. The Bertz CT molecular complexity index is 1730. The lowest BCUT2D eigenvalue weighted by atomic mass is 10.2. The molecule has 4 aromatic rings. The molecule has 0 spiro atoms. The highest BCUT2D eigenvalue weighted by Crippen LogP contribution is 2.35. The van der Waals surface area contributed by atoms with Crippen LogP contribution in [0.25, 0.3) is 21.8 Å². The number of nitrogen functional groups attached to an aromatic ring is 2. The quantitative estimate of drug-likeness (QED) is 0.239. The molecule has 2 aromatic carbocycles. The Labute approximate surface area is 282 Å². The Morgan fingerprint density at radius 3 is 1.27 bits per heavy atom. The lowest BCUT2D eigenvalue weighted by molar-refractivity contribution is -0.142. The molecule has 0 unspecified atom stereocenters. The molecule has 0 aliphatic carbocycles. The third kappa shape index (κ3) is 6.87. The number of nitrogens with zero attached hydrogens (tertiary/aromatic N) is 8. The van der Waals surface area contributed by atoms with Crippen LogP contribution in [-0.2, 0) is 14.3 Å². The number of nitrogens with two attached hydrogens (primary N) is 2. The summed E-state index contributed by atoms with van der Waals surface area (Å²) in [5.41, 5.74) is 13.8. The minimum absolute atomic E-state index is 0.187. The van der Waals surface area contributed by atoms with Crippen molar-refractivity contribution in [2.45, 2.75) is 0 Å². The Balaban J connectivity index is 0.964. The van der Waals surface area contributed by atoms with Crippen molar-refractivity contribution in [1.82, 2.24) is 29.7 Å². The second kappa shape index (κ2) is 14.3. The van der Waals surface area contributed by atoms with Crippen molar-refractivity contribution in [2.24, 2.45) is 0 Å².